The van der Waals surface area contributed by atoms with Gasteiger partial charge in [-0.05, 0) is 25.0 Å². The molecule has 108 valence electrons. The molecule has 0 saturated heterocycles. The SMILES string of the molecule is CNC(=S)C1(C(=O)c2cccc(-n3ccnc3)c2)CCC1. The Morgan fingerprint density at radius 2 is 2.24 bits per heavy atom. The minimum Gasteiger partial charge on any atom is -0.382 e. The predicted molar refractivity (Wildman–Crippen MR) is 85.8 cm³/mol. The minimum atomic E-state index is -0.502. The quantitative estimate of drug-likeness (QED) is 0.696. The van der Waals surface area contributed by atoms with Crippen molar-refractivity contribution in [2.45, 2.75) is 19.3 Å². The third-order valence-electron chi connectivity index (χ3n) is 4.21. The lowest BCUT2D eigenvalue weighted by atomic mass is 9.64. The number of aromatic nitrogens is 2. The van der Waals surface area contributed by atoms with Crippen molar-refractivity contribution in [3.8, 4) is 5.69 Å². The summed E-state index contributed by atoms with van der Waals surface area (Å²) in [5.41, 5.74) is 1.14. The highest BCUT2D eigenvalue weighted by Gasteiger charge is 2.47. The van der Waals surface area contributed by atoms with Crippen LogP contribution < -0.4 is 5.32 Å². The number of benzene rings is 1. The molecule has 2 aromatic rings. The third kappa shape index (κ3) is 2.27. The first-order valence-corrected chi connectivity index (χ1v) is 7.43. The summed E-state index contributed by atoms with van der Waals surface area (Å²) < 4.78 is 1.89. The maximum atomic E-state index is 12.9. The van der Waals surface area contributed by atoms with Gasteiger partial charge in [0.05, 0.1) is 16.7 Å². The first-order valence-electron chi connectivity index (χ1n) is 7.03. The van der Waals surface area contributed by atoms with Gasteiger partial charge in [-0.25, -0.2) is 4.98 Å². The Morgan fingerprint density at radius 3 is 2.81 bits per heavy atom. The van der Waals surface area contributed by atoms with Gasteiger partial charge in [-0.2, -0.15) is 0 Å². The number of hydrogen-bond donors (Lipinski definition) is 1. The van der Waals surface area contributed by atoms with Gasteiger partial charge >= 0.3 is 0 Å². The van der Waals surface area contributed by atoms with Crippen molar-refractivity contribution in [3.63, 3.8) is 0 Å². The van der Waals surface area contributed by atoms with E-state index in [0.29, 0.717) is 10.6 Å². The van der Waals surface area contributed by atoms with E-state index in [1.165, 1.54) is 0 Å². The number of nitrogens with zero attached hydrogens (tertiary/aromatic N) is 2. The van der Waals surface area contributed by atoms with Crippen molar-refractivity contribution in [2.24, 2.45) is 5.41 Å². The average molecular weight is 299 g/mol. The van der Waals surface area contributed by atoms with E-state index in [1.54, 1.807) is 19.6 Å². The van der Waals surface area contributed by atoms with Crippen LogP contribution in [0.3, 0.4) is 0 Å². The molecule has 0 atom stereocenters. The zero-order valence-corrected chi connectivity index (χ0v) is 12.7. The summed E-state index contributed by atoms with van der Waals surface area (Å²) in [4.78, 5) is 17.6. The molecule has 0 aliphatic heterocycles. The molecule has 0 spiro atoms. The zero-order valence-electron chi connectivity index (χ0n) is 11.9. The Labute approximate surface area is 129 Å². The van der Waals surface area contributed by atoms with E-state index in [2.05, 4.69) is 10.3 Å². The van der Waals surface area contributed by atoms with Crippen LogP contribution in [-0.2, 0) is 0 Å². The molecule has 1 aromatic heterocycles. The van der Waals surface area contributed by atoms with Crippen molar-refractivity contribution < 1.29 is 4.79 Å². The van der Waals surface area contributed by atoms with Gasteiger partial charge in [-0.3, -0.25) is 4.79 Å². The fourth-order valence-corrected chi connectivity index (χ4v) is 3.12. The molecule has 1 saturated carbocycles. The first kappa shape index (κ1) is 13.9. The molecule has 0 amide bonds. The number of carbonyl (C=O) groups excluding carboxylic acids is 1. The van der Waals surface area contributed by atoms with Gasteiger partial charge in [-0.1, -0.05) is 30.8 Å². The summed E-state index contributed by atoms with van der Waals surface area (Å²) in [6.07, 6.45) is 8.02. The van der Waals surface area contributed by atoms with Crippen LogP contribution in [0.2, 0.25) is 0 Å². The summed E-state index contributed by atoms with van der Waals surface area (Å²) in [5, 5.41) is 3.00. The van der Waals surface area contributed by atoms with E-state index >= 15 is 0 Å². The second-order valence-corrected chi connectivity index (χ2v) is 5.77. The van der Waals surface area contributed by atoms with E-state index in [1.807, 2.05) is 35.0 Å². The lowest BCUT2D eigenvalue weighted by Crippen LogP contribution is -2.49. The Morgan fingerprint density at radius 1 is 1.43 bits per heavy atom. The number of thiocarbonyl (C=S) groups is 1. The number of carbonyl (C=O) groups is 1. The molecule has 1 aliphatic rings. The number of ketones is 1. The molecule has 1 N–H and O–H groups in total. The number of rotatable bonds is 4. The highest BCUT2D eigenvalue weighted by atomic mass is 32.1. The molecule has 1 fully saturated rings. The predicted octanol–water partition coefficient (Wildman–Crippen LogP) is 2.77. The van der Waals surface area contributed by atoms with Gasteiger partial charge in [0.15, 0.2) is 5.78 Å². The largest absolute Gasteiger partial charge is 0.382 e. The first-order chi connectivity index (χ1) is 10.2. The highest BCUT2D eigenvalue weighted by molar-refractivity contribution is 7.80. The topological polar surface area (TPSA) is 46.9 Å². The van der Waals surface area contributed by atoms with Gasteiger partial charge in [0.2, 0.25) is 0 Å². The van der Waals surface area contributed by atoms with Crippen LogP contribution in [0.15, 0.2) is 43.0 Å². The standard InChI is InChI=1S/C16H17N3OS/c1-17-15(21)16(6-3-7-16)14(20)12-4-2-5-13(10-12)19-9-8-18-11-19/h2,4-5,8-11H,3,6-7H2,1H3,(H,17,21). The van der Waals surface area contributed by atoms with E-state index < -0.39 is 5.41 Å². The third-order valence-corrected chi connectivity index (χ3v) is 4.81. The average Bonchev–Trinajstić information content (AvgIpc) is 3.00. The van der Waals surface area contributed by atoms with Crippen LogP contribution in [0, 0.1) is 5.41 Å². The number of imidazole rings is 1. The normalized spacial score (nSPS) is 16.0. The molecule has 0 bridgehead atoms. The summed E-state index contributed by atoms with van der Waals surface area (Å²) in [6, 6.07) is 7.63. The monoisotopic (exact) mass is 299 g/mol. The molecule has 4 nitrogen and oxygen atoms in total. The maximum absolute atomic E-state index is 12.9. The maximum Gasteiger partial charge on any atom is 0.175 e. The molecule has 5 heteroatoms. The summed E-state index contributed by atoms with van der Waals surface area (Å²) >= 11 is 5.38. The van der Waals surface area contributed by atoms with Crippen molar-refractivity contribution in [1.82, 2.24) is 14.9 Å². The molecule has 1 aromatic carbocycles. The van der Waals surface area contributed by atoms with Gasteiger partial charge in [0.1, 0.15) is 0 Å². The summed E-state index contributed by atoms with van der Waals surface area (Å²) in [5.74, 6) is 0.120. The van der Waals surface area contributed by atoms with Crippen LogP contribution in [-0.4, -0.2) is 27.4 Å². The second kappa shape index (κ2) is 5.41. The Kier molecular flexibility index (Phi) is 3.59. The van der Waals surface area contributed by atoms with E-state index in [4.69, 9.17) is 12.2 Å². The van der Waals surface area contributed by atoms with Crippen LogP contribution in [0.4, 0.5) is 0 Å². The molecule has 0 radical (unpaired) electrons. The fourth-order valence-electron chi connectivity index (χ4n) is 2.82. The molecule has 1 heterocycles. The molecule has 1 aliphatic carbocycles. The molecule has 21 heavy (non-hydrogen) atoms. The second-order valence-electron chi connectivity index (χ2n) is 5.36. The fraction of sp³-hybridized carbons (Fsp3) is 0.312. The highest BCUT2D eigenvalue weighted by Crippen LogP contribution is 2.44. The van der Waals surface area contributed by atoms with Crippen LogP contribution >= 0.6 is 12.2 Å². The van der Waals surface area contributed by atoms with Gasteiger partial charge in [-0.15, -0.1) is 0 Å². The lowest BCUT2D eigenvalue weighted by Gasteiger charge is -2.40. The van der Waals surface area contributed by atoms with Crippen molar-refractivity contribution in [2.75, 3.05) is 7.05 Å². The molecule has 3 rings (SSSR count). The van der Waals surface area contributed by atoms with E-state index in [-0.39, 0.29) is 5.78 Å². The number of Topliss-reactive ketones (excluding diaryl/α,β-unsaturated/α-hetero) is 1. The van der Waals surface area contributed by atoms with Gasteiger partial charge in [0, 0.05) is 30.7 Å². The van der Waals surface area contributed by atoms with E-state index in [9.17, 15) is 4.79 Å². The lowest BCUT2D eigenvalue weighted by molar-refractivity contribution is 0.0770. The van der Waals surface area contributed by atoms with E-state index in [0.717, 1.165) is 24.9 Å². The van der Waals surface area contributed by atoms with Crippen LogP contribution in [0.1, 0.15) is 29.6 Å². The van der Waals surface area contributed by atoms with Crippen molar-refractivity contribution >= 4 is 23.0 Å². The zero-order chi connectivity index (χ0) is 14.9. The van der Waals surface area contributed by atoms with Crippen molar-refractivity contribution in [3.05, 3.63) is 48.5 Å². The molecule has 0 unspecified atom stereocenters. The Bertz CT molecular complexity index is 675. The Balaban J connectivity index is 1.95. The van der Waals surface area contributed by atoms with Crippen LogP contribution in [0.25, 0.3) is 5.69 Å². The summed E-state index contributed by atoms with van der Waals surface area (Å²) in [7, 11) is 1.79. The molecular formula is C16H17N3OS. The number of nitrogens with one attached hydrogen (secondary N) is 1. The summed E-state index contributed by atoms with van der Waals surface area (Å²) in [6.45, 7) is 0. The minimum absolute atomic E-state index is 0.120. The van der Waals surface area contributed by atoms with Crippen LogP contribution in [0.5, 0.6) is 0 Å². The smallest absolute Gasteiger partial charge is 0.175 e. The number of hydrogen-bond acceptors (Lipinski definition) is 3. The Hall–Kier alpha value is -2.01. The molecular weight excluding hydrogens is 282 g/mol. The van der Waals surface area contributed by atoms with Crippen molar-refractivity contribution in [1.29, 1.82) is 0 Å². The van der Waals surface area contributed by atoms with Gasteiger partial charge in [0.25, 0.3) is 0 Å². The van der Waals surface area contributed by atoms with Gasteiger partial charge < -0.3 is 9.88 Å².